The number of hydrogen-bond acceptors (Lipinski definition) is 2. The minimum atomic E-state index is -0.835. The van der Waals surface area contributed by atoms with Crippen molar-refractivity contribution in [2.75, 3.05) is 7.11 Å². The Balaban J connectivity index is 2.76. The third-order valence-electron chi connectivity index (χ3n) is 2.87. The maximum absolute atomic E-state index is 13.7. The summed E-state index contributed by atoms with van der Waals surface area (Å²) in [6, 6.07) is 3.72. The Hall–Kier alpha value is -0.710. The second-order valence-corrected chi connectivity index (χ2v) is 6.02. The SMILES string of the molecule is COC(=O)c1cc(-c2c(Cl)c(Cl)c(Cl)c(Cl)c2Cl)ccc1F. The standard InChI is InChI=1S/C14H6Cl5FO2/c1-22-14(21)6-4-5(2-3-7(6)20)8-9(15)11(17)13(19)12(18)10(8)16/h2-4H,1H3. The predicted molar refractivity (Wildman–Crippen MR) is 88.2 cm³/mol. The topological polar surface area (TPSA) is 26.3 Å². The molecule has 2 aromatic rings. The van der Waals surface area contributed by atoms with E-state index in [0.717, 1.165) is 13.2 Å². The van der Waals surface area contributed by atoms with Gasteiger partial charge in [-0.25, -0.2) is 9.18 Å². The molecule has 0 heterocycles. The van der Waals surface area contributed by atoms with Crippen LogP contribution in [0, 0.1) is 5.82 Å². The van der Waals surface area contributed by atoms with Crippen LogP contribution in [0.2, 0.25) is 25.1 Å². The van der Waals surface area contributed by atoms with Crippen molar-refractivity contribution in [3.8, 4) is 11.1 Å². The zero-order chi connectivity index (χ0) is 16.6. The van der Waals surface area contributed by atoms with Crippen molar-refractivity contribution in [3.63, 3.8) is 0 Å². The van der Waals surface area contributed by atoms with E-state index in [0.29, 0.717) is 5.56 Å². The van der Waals surface area contributed by atoms with Crippen LogP contribution >= 0.6 is 58.0 Å². The number of esters is 1. The van der Waals surface area contributed by atoms with E-state index in [1.165, 1.54) is 12.1 Å². The van der Waals surface area contributed by atoms with E-state index in [2.05, 4.69) is 4.74 Å². The summed E-state index contributed by atoms with van der Waals surface area (Å²) in [5, 5.41) is 0.123. The van der Waals surface area contributed by atoms with E-state index in [9.17, 15) is 9.18 Å². The molecule has 0 aromatic heterocycles. The molecule has 0 radical (unpaired) electrons. The average molecular weight is 402 g/mol. The molecule has 0 aliphatic heterocycles. The van der Waals surface area contributed by atoms with Crippen molar-refractivity contribution >= 4 is 64.0 Å². The minimum absolute atomic E-state index is 0.0108. The third-order valence-corrected chi connectivity index (χ3v) is 5.15. The molecule has 0 aliphatic rings. The molecule has 116 valence electrons. The van der Waals surface area contributed by atoms with Gasteiger partial charge in [0.15, 0.2) is 0 Å². The Kier molecular flexibility index (Phi) is 5.46. The molecule has 2 aromatic carbocycles. The maximum Gasteiger partial charge on any atom is 0.340 e. The van der Waals surface area contributed by atoms with Crippen molar-refractivity contribution in [1.29, 1.82) is 0 Å². The quantitative estimate of drug-likeness (QED) is 0.324. The van der Waals surface area contributed by atoms with E-state index >= 15 is 0 Å². The van der Waals surface area contributed by atoms with E-state index < -0.39 is 11.8 Å². The van der Waals surface area contributed by atoms with Gasteiger partial charge in [0.25, 0.3) is 0 Å². The predicted octanol–water partition coefficient (Wildman–Crippen LogP) is 6.55. The largest absolute Gasteiger partial charge is 0.465 e. The number of halogens is 6. The van der Waals surface area contributed by atoms with Crippen LogP contribution in [0.25, 0.3) is 11.1 Å². The fourth-order valence-corrected chi connectivity index (χ4v) is 3.16. The molecule has 0 bridgehead atoms. The van der Waals surface area contributed by atoms with Crippen LogP contribution in [0.5, 0.6) is 0 Å². The summed E-state index contributed by atoms with van der Waals surface area (Å²) in [7, 11) is 1.14. The van der Waals surface area contributed by atoms with Gasteiger partial charge in [-0.05, 0) is 17.7 Å². The molecule has 2 rings (SSSR count). The van der Waals surface area contributed by atoms with Crippen LogP contribution in [-0.4, -0.2) is 13.1 Å². The Morgan fingerprint density at radius 2 is 1.45 bits per heavy atom. The molecule has 0 aliphatic carbocycles. The number of methoxy groups -OCH3 is 1. The fraction of sp³-hybridized carbons (Fsp3) is 0.0714. The highest BCUT2D eigenvalue weighted by molar-refractivity contribution is 6.56. The zero-order valence-electron chi connectivity index (χ0n) is 10.8. The summed E-state index contributed by atoms with van der Waals surface area (Å²) in [5.41, 5.74) is 0.319. The van der Waals surface area contributed by atoms with E-state index in [1.54, 1.807) is 0 Å². The average Bonchev–Trinajstić information content (AvgIpc) is 2.52. The molecule has 0 saturated carbocycles. The number of carbonyl (C=O) groups excluding carboxylic acids is 1. The van der Waals surface area contributed by atoms with Crippen molar-refractivity contribution in [2.45, 2.75) is 0 Å². The molecule has 0 N–H and O–H groups in total. The van der Waals surface area contributed by atoms with E-state index in [1.807, 2.05) is 0 Å². The van der Waals surface area contributed by atoms with Gasteiger partial charge in [0, 0.05) is 5.56 Å². The molecule has 0 atom stereocenters. The number of ether oxygens (including phenoxy) is 1. The van der Waals surface area contributed by atoms with Crippen LogP contribution in [0.3, 0.4) is 0 Å². The second kappa shape index (κ2) is 6.81. The third kappa shape index (κ3) is 3.01. The molecule has 0 unspecified atom stereocenters. The first-order chi connectivity index (χ1) is 10.3. The molecule has 22 heavy (non-hydrogen) atoms. The maximum atomic E-state index is 13.7. The van der Waals surface area contributed by atoms with Crippen LogP contribution < -0.4 is 0 Å². The van der Waals surface area contributed by atoms with Crippen molar-refractivity contribution in [1.82, 2.24) is 0 Å². The summed E-state index contributed by atoms with van der Waals surface area (Å²) in [6.45, 7) is 0. The van der Waals surface area contributed by atoms with Crippen molar-refractivity contribution in [2.24, 2.45) is 0 Å². The number of benzene rings is 2. The molecule has 0 fully saturated rings. The lowest BCUT2D eigenvalue weighted by Gasteiger charge is -2.13. The van der Waals surface area contributed by atoms with Crippen LogP contribution in [-0.2, 0) is 4.74 Å². The summed E-state index contributed by atoms with van der Waals surface area (Å²) in [5.74, 6) is -1.58. The first kappa shape index (κ1) is 17.6. The Labute approximate surface area is 150 Å². The molecule has 0 saturated heterocycles. The lowest BCUT2D eigenvalue weighted by atomic mass is 10.0. The monoisotopic (exact) mass is 400 g/mol. The van der Waals surface area contributed by atoms with Gasteiger partial charge in [-0.2, -0.15) is 0 Å². The highest BCUT2D eigenvalue weighted by atomic mass is 35.5. The first-order valence-electron chi connectivity index (χ1n) is 5.69. The zero-order valence-corrected chi connectivity index (χ0v) is 14.6. The van der Waals surface area contributed by atoms with Gasteiger partial charge < -0.3 is 4.74 Å². The molecular formula is C14H6Cl5FO2. The van der Waals surface area contributed by atoms with Crippen molar-refractivity contribution in [3.05, 3.63) is 54.7 Å². The highest BCUT2D eigenvalue weighted by Gasteiger charge is 2.22. The number of carbonyl (C=O) groups is 1. The Bertz CT molecular complexity index is 747. The van der Waals surface area contributed by atoms with Crippen LogP contribution in [0.15, 0.2) is 18.2 Å². The smallest absolute Gasteiger partial charge is 0.340 e. The second-order valence-electron chi connectivity index (χ2n) is 4.13. The van der Waals surface area contributed by atoms with Gasteiger partial charge in [-0.15, -0.1) is 0 Å². The Morgan fingerprint density at radius 1 is 0.955 bits per heavy atom. The summed E-state index contributed by atoms with van der Waals surface area (Å²) < 4.78 is 18.2. The van der Waals surface area contributed by atoms with Gasteiger partial charge >= 0.3 is 5.97 Å². The molecular weight excluding hydrogens is 396 g/mol. The highest BCUT2D eigenvalue weighted by Crippen LogP contribution is 2.48. The number of rotatable bonds is 2. The summed E-state index contributed by atoms with van der Waals surface area (Å²) in [4.78, 5) is 11.6. The van der Waals surface area contributed by atoms with Crippen LogP contribution in [0.4, 0.5) is 4.39 Å². The van der Waals surface area contributed by atoms with E-state index in [4.69, 9.17) is 58.0 Å². The lowest BCUT2D eigenvalue weighted by Crippen LogP contribution is -2.04. The molecule has 2 nitrogen and oxygen atoms in total. The lowest BCUT2D eigenvalue weighted by molar-refractivity contribution is 0.0595. The first-order valence-corrected chi connectivity index (χ1v) is 7.58. The number of hydrogen-bond donors (Lipinski definition) is 0. The minimum Gasteiger partial charge on any atom is -0.465 e. The van der Waals surface area contributed by atoms with Gasteiger partial charge in [-0.3, -0.25) is 0 Å². The normalized spacial score (nSPS) is 10.7. The van der Waals surface area contributed by atoms with Crippen molar-refractivity contribution < 1.29 is 13.9 Å². The van der Waals surface area contributed by atoms with Crippen LogP contribution in [0.1, 0.15) is 10.4 Å². The molecule has 0 spiro atoms. The van der Waals surface area contributed by atoms with E-state index in [-0.39, 0.29) is 36.2 Å². The fourth-order valence-electron chi connectivity index (χ4n) is 1.81. The summed E-state index contributed by atoms with van der Waals surface area (Å²) >= 11 is 30.2. The molecule has 8 heteroatoms. The van der Waals surface area contributed by atoms with Gasteiger partial charge in [0.2, 0.25) is 0 Å². The summed E-state index contributed by atoms with van der Waals surface area (Å²) in [6.07, 6.45) is 0. The van der Waals surface area contributed by atoms with Gasteiger partial charge in [-0.1, -0.05) is 64.1 Å². The van der Waals surface area contributed by atoms with Gasteiger partial charge in [0.1, 0.15) is 5.82 Å². The molecule has 0 amide bonds. The Morgan fingerprint density at radius 3 is 1.95 bits per heavy atom. The van der Waals surface area contributed by atoms with Gasteiger partial charge in [0.05, 0.1) is 37.8 Å².